The average molecular weight is 340 g/mol. The minimum atomic E-state index is -0.417. The van der Waals surface area contributed by atoms with Crippen LogP contribution in [0.4, 0.5) is 0 Å². The first-order valence-corrected chi connectivity index (χ1v) is 7.97. The molecule has 0 aliphatic rings. The topological polar surface area (TPSA) is 82.1 Å². The van der Waals surface area contributed by atoms with Crippen LogP contribution in [0.3, 0.4) is 0 Å². The van der Waals surface area contributed by atoms with E-state index in [0.29, 0.717) is 5.76 Å². The molecule has 0 radical (unpaired) electrons. The Hall–Kier alpha value is -3.09. The summed E-state index contributed by atoms with van der Waals surface area (Å²) in [5.41, 5.74) is 1.62. The van der Waals surface area contributed by atoms with Crippen molar-refractivity contribution in [2.75, 3.05) is 6.54 Å². The van der Waals surface area contributed by atoms with Gasteiger partial charge in [0, 0.05) is 25.5 Å². The third-order valence-corrected chi connectivity index (χ3v) is 4.04. The summed E-state index contributed by atoms with van der Waals surface area (Å²) in [6.45, 7) is 4.12. The van der Waals surface area contributed by atoms with E-state index in [9.17, 15) is 9.59 Å². The molecule has 0 bridgehead atoms. The number of carbonyl (C=O) groups excluding carboxylic acids is 1. The lowest BCUT2D eigenvalue weighted by Gasteiger charge is -2.18. The molecule has 0 aliphatic heterocycles. The van der Waals surface area contributed by atoms with Crippen molar-refractivity contribution >= 4 is 5.91 Å². The molecule has 0 fully saturated rings. The van der Waals surface area contributed by atoms with Gasteiger partial charge >= 0.3 is 0 Å². The molecule has 0 spiro atoms. The number of hydrogen-bond acceptors (Lipinski definition) is 4. The van der Waals surface area contributed by atoms with E-state index in [4.69, 9.17) is 4.42 Å². The summed E-state index contributed by atoms with van der Waals surface area (Å²) >= 11 is 0. The van der Waals surface area contributed by atoms with Gasteiger partial charge in [0.15, 0.2) is 0 Å². The van der Waals surface area contributed by atoms with Crippen molar-refractivity contribution in [3.05, 3.63) is 75.9 Å². The highest BCUT2D eigenvalue weighted by Crippen LogP contribution is 2.20. The second-order valence-electron chi connectivity index (χ2n) is 5.95. The Kier molecular flexibility index (Phi) is 4.56. The monoisotopic (exact) mass is 340 g/mol. The largest absolute Gasteiger partial charge is 0.467 e. The average Bonchev–Trinajstić information content (AvgIpc) is 3.20. The lowest BCUT2D eigenvalue weighted by molar-refractivity contribution is 0.0946. The Bertz CT molecular complexity index is 938. The standard InChI is InChI=1S/C18H20N4O3/c1-12-10-13(2)22(20-12)15(16-7-5-9-25-16)11-19-17(23)14-6-4-8-21(3)18(14)24/h4-10,15H,11H2,1-3H3,(H,19,23). The summed E-state index contributed by atoms with van der Waals surface area (Å²) in [6, 6.07) is 8.49. The second-order valence-corrected chi connectivity index (χ2v) is 5.95. The minimum absolute atomic E-state index is 0.108. The van der Waals surface area contributed by atoms with Crippen molar-refractivity contribution in [2.45, 2.75) is 19.9 Å². The summed E-state index contributed by atoms with van der Waals surface area (Å²) in [4.78, 5) is 24.5. The van der Waals surface area contributed by atoms with Gasteiger partial charge in [-0.25, -0.2) is 0 Å². The second kappa shape index (κ2) is 6.80. The Morgan fingerprint density at radius 1 is 1.32 bits per heavy atom. The van der Waals surface area contributed by atoms with Gasteiger partial charge in [-0.2, -0.15) is 5.10 Å². The first-order chi connectivity index (χ1) is 12.0. The normalized spacial score (nSPS) is 12.1. The van der Waals surface area contributed by atoms with Gasteiger partial charge in [0.2, 0.25) is 0 Å². The molecule has 3 heterocycles. The number of carbonyl (C=O) groups is 1. The zero-order valence-corrected chi connectivity index (χ0v) is 14.4. The van der Waals surface area contributed by atoms with Gasteiger partial charge in [-0.05, 0) is 44.2 Å². The fraction of sp³-hybridized carbons (Fsp3) is 0.278. The van der Waals surface area contributed by atoms with Crippen LogP contribution in [0.5, 0.6) is 0 Å². The van der Waals surface area contributed by atoms with Crippen molar-refractivity contribution in [3.8, 4) is 0 Å². The molecule has 1 amide bonds. The van der Waals surface area contributed by atoms with Crippen molar-refractivity contribution in [1.82, 2.24) is 19.7 Å². The summed E-state index contributed by atoms with van der Waals surface area (Å²) in [5, 5.41) is 7.31. The zero-order chi connectivity index (χ0) is 18.0. The Labute approximate surface area is 144 Å². The summed E-state index contributed by atoms with van der Waals surface area (Å²) in [6.07, 6.45) is 3.20. The molecule has 1 atom stereocenters. The molecule has 7 nitrogen and oxygen atoms in total. The predicted molar refractivity (Wildman–Crippen MR) is 92.6 cm³/mol. The lowest BCUT2D eigenvalue weighted by Crippen LogP contribution is -2.36. The first kappa shape index (κ1) is 16.8. The molecule has 3 aromatic heterocycles. The maximum Gasteiger partial charge on any atom is 0.263 e. The highest BCUT2D eigenvalue weighted by atomic mass is 16.3. The van der Waals surface area contributed by atoms with Crippen LogP contribution in [0.2, 0.25) is 0 Å². The molecule has 0 saturated carbocycles. The van der Waals surface area contributed by atoms with Crippen LogP contribution in [0.1, 0.15) is 33.5 Å². The van der Waals surface area contributed by atoms with Crippen LogP contribution in [0, 0.1) is 13.8 Å². The summed E-state index contributed by atoms with van der Waals surface area (Å²) in [5.74, 6) is 0.270. The first-order valence-electron chi connectivity index (χ1n) is 7.97. The molecule has 7 heteroatoms. The van der Waals surface area contributed by atoms with Gasteiger partial charge < -0.3 is 14.3 Å². The van der Waals surface area contributed by atoms with E-state index in [1.54, 1.807) is 31.6 Å². The molecule has 3 rings (SSSR count). The van der Waals surface area contributed by atoms with E-state index in [-0.39, 0.29) is 23.7 Å². The van der Waals surface area contributed by atoms with Gasteiger partial charge in [0.25, 0.3) is 11.5 Å². The van der Waals surface area contributed by atoms with Crippen LogP contribution in [-0.4, -0.2) is 26.8 Å². The quantitative estimate of drug-likeness (QED) is 0.768. The molecular weight excluding hydrogens is 320 g/mol. The van der Waals surface area contributed by atoms with E-state index in [0.717, 1.165) is 11.4 Å². The van der Waals surface area contributed by atoms with Crippen molar-refractivity contribution in [1.29, 1.82) is 0 Å². The molecule has 3 aromatic rings. The SMILES string of the molecule is Cc1cc(C)n(C(CNC(=O)c2cccn(C)c2=O)c2ccco2)n1. The molecule has 130 valence electrons. The van der Waals surface area contributed by atoms with Crippen molar-refractivity contribution in [2.24, 2.45) is 7.05 Å². The summed E-state index contributed by atoms with van der Waals surface area (Å²) < 4.78 is 8.71. The number of rotatable bonds is 5. The van der Waals surface area contributed by atoms with E-state index >= 15 is 0 Å². The number of nitrogens with zero attached hydrogens (tertiary/aromatic N) is 3. The number of aromatic nitrogens is 3. The fourth-order valence-electron chi connectivity index (χ4n) is 2.80. The number of amides is 1. The van der Waals surface area contributed by atoms with E-state index in [1.165, 1.54) is 10.6 Å². The van der Waals surface area contributed by atoms with Crippen molar-refractivity contribution in [3.63, 3.8) is 0 Å². The third-order valence-electron chi connectivity index (χ3n) is 4.04. The van der Waals surface area contributed by atoms with Crippen LogP contribution >= 0.6 is 0 Å². The van der Waals surface area contributed by atoms with Crippen LogP contribution in [0.15, 0.2) is 52.0 Å². The van der Waals surface area contributed by atoms with E-state index < -0.39 is 5.91 Å². The van der Waals surface area contributed by atoms with Gasteiger partial charge in [-0.15, -0.1) is 0 Å². The highest BCUT2D eigenvalue weighted by molar-refractivity contribution is 5.93. The molecule has 0 saturated heterocycles. The van der Waals surface area contributed by atoms with Gasteiger partial charge in [0.1, 0.15) is 17.4 Å². The number of furan rings is 1. The molecular formula is C18H20N4O3. The summed E-state index contributed by atoms with van der Waals surface area (Å²) in [7, 11) is 1.61. The zero-order valence-electron chi connectivity index (χ0n) is 14.4. The number of nitrogens with one attached hydrogen (secondary N) is 1. The predicted octanol–water partition coefficient (Wildman–Crippen LogP) is 1.81. The smallest absolute Gasteiger partial charge is 0.263 e. The fourth-order valence-corrected chi connectivity index (χ4v) is 2.80. The minimum Gasteiger partial charge on any atom is -0.467 e. The maximum atomic E-state index is 12.4. The molecule has 25 heavy (non-hydrogen) atoms. The van der Waals surface area contributed by atoms with E-state index in [2.05, 4.69) is 10.4 Å². The number of pyridine rings is 1. The number of aryl methyl sites for hydroxylation is 3. The Balaban J connectivity index is 1.84. The van der Waals surface area contributed by atoms with Crippen molar-refractivity contribution < 1.29 is 9.21 Å². The lowest BCUT2D eigenvalue weighted by atomic mass is 10.2. The Morgan fingerprint density at radius 3 is 2.76 bits per heavy atom. The molecule has 0 aromatic carbocycles. The van der Waals surface area contributed by atoms with Crippen LogP contribution < -0.4 is 10.9 Å². The van der Waals surface area contributed by atoms with Gasteiger partial charge in [0.05, 0.1) is 12.0 Å². The molecule has 0 aliphatic carbocycles. The number of hydrogen-bond donors (Lipinski definition) is 1. The van der Waals surface area contributed by atoms with Crippen LogP contribution in [0.25, 0.3) is 0 Å². The third kappa shape index (κ3) is 3.40. The molecule has 1 unspecified atom stereocenters. The van der Waals surface area contributed by atoms with Crippen LogP contribution in [-0.2, 0) is 7.05 Å². The van der Waals surface area contributed by atoms with Gasteiger partial charge in [-0.3, -0.25) is 14.3 Å². The maximum absolute atomic E-state index is 12.4. The van der Waals surface area contributed by atoms with E-state index in [1.807, 2.05) is 30.7 Å². The van der Waals surface area contributed by atoms with Gasteiger partial charge in [-0.1, -0.05) is 0 Å². The molecule has 1 N–H and O–H groups in total. The Morgan fingerprint density at radius 2 is 2.12 bits per heavy atom. The highest BCUT2D eigenvalue weighted by Gasteiger charge is 2.21.